The lowest BCUT2D eigenvalue weighted by molar-refractivity contribution is -0.141. The molecule has 1 saturated heterocycles. The standard InChI is InChI=1S/C17H19NO4S2/c1-3-22-13-8-5-4-7-12(13)11-14-16(20)18(17(23)24-14)10-6-9-15(19)21-2/h4-5,7-8,11H,3,6,9-10H2,1-2H3/b14-11-. The molecule has 1 amide bonds. The summed E-state index contributed by atoms with van der Waals surface area (Å²) in [6.07, 6.45) is 2.58. The van der Waals surface area contributed by atoms with Crippen molar-refractivity contribution < 1.29 is 19.1 Å². The van der Waals surface area contributed by atoms with E-state index in [1.165, 1.54) is 23.8 Å². The molecule has 1 heterocycles. The van der Waals surface area contributed by atoms with E-state index in [0.717, 1.165) is 11.3 Å². The predicted molar refractivity (Wildman–Crippen MR) is 98.7 cm³/mol. The molecule has 0 saturated carbocycles. The molecule has 1 fully saturated rings. The van der Waals surface area contributed by atoms with Crippen LogP contribution in [0.3, 0.4) is 0 Å². The first-order valence-electron chi connectivity index (χ1n) is 7.60. The van der Waals surface area contributed by atoms with Crippen LogP contribution in [-0.4, -0.2) is 41.4 Å². The van der Waals surface area contributed by atoms with Crippen LogP contribution in [0.15, 0.2) is 29.2 Å². The normalized spacial score (nSPS) is 15.9. The van der Waals surface area contributed by atoms with Crippen LogP contribution >= 0.6 is 24.0 Å². The van der Waals surface area contributed by atoms with Crippen molar-refractivity contribution in [3.05, 3.63) is 34.7 Å². The number of esters is 1. The van der Waals surface area contributed by atoms with Crippen molar-refractivity contribution in [3.63, 3.8) is 0 Å². The highest BCUT2D eigenvalue weighted by atomic mass is 32.2. The molecule has 1 aromatic carbocycles. The van der Waals surface area contributed by atoms with Crippen LogP contribution in [0.2, 0.25) is 0 Å². The molecule has 0 spiro atoms. The maximum absolute atomic E-state index is 12.5. The van der Waals surface area contributed by atoms with Gasteiger partial charge in [-0.15, -0.1) is 0 Å². The van der Waals surface area contributed by atoms with Gasteiger partial charge in [0.1, 0.15) is 10.1 Å². The third-order valence-corrected chi connectivity index (χ3v) is 4.75. The Hall–Kier alpha value is -1.86. The average molecular weight is 365 g/mol. The van der Waals surface area contributed by atoms with E-state index in [-0.39, 0.29) is 18.3 Å². The number of carbonyl (C=O) groups is 2. The third-order valence-electron chi connectivity index (χ3n) is 3.37. The van der Waals surface area contributed by atoms with Gasteiger partial charge in [0.25, 0.3) is 5.91 Å². The summed E-state index contributed by atoms with van der Waals surface area (Å²) in [5.74, 6) is 0.304. The number of thiocarbonyl (C=S) groups is 1. The summed E-state index contributed by atoms with van der Waals surface area (Å²) in [5, 5.41) is 0. The summed E-state index contributed by atoms with van der Waals surface area (Å²) in [7, 11) is 1.35. The van der Waals surface area contributed by atoms with Gasteiger partial charge in [-0.2, -0.15) is 0 Å². The molecule has 0 radical (unpaired) electrons. The number of carbonyl (C=O) groups excluding carboxylic acids is 2. The molecule has 0 bridgehead atoms. The van der Waals surface area contributed by atoms with Gasteiger partial charge in [0.2, 0.25) is 0 Å². The number of nitrogens with zero attached hydrogens (tertiary/aromatic N) is 1. The summed E-state index contributed by atoms with van der Waals surface area (Å²) in [5.41, 5.74) is 0.842. The lowest BCUT2D eigenvalue weighted by Gasteiger charge is -2.13. The van der Waals surface area contributed by atoms with Crippen molar-refractivity contribution in [3.8, 4) is 5.75 Å². The molecule has 1 aliphatic rings. The highest BCUT2D eigenvalue weighted by molar-refractivity contribution is 8.26. The van der Waals surface area contributed by atoms with Crippen LogP contribution in [0.4, 0.5) is 0 Å². The molecule has 0 atom stereocenters. The van der Waals surface area contributed by atoms with Crippen molar-refractivity contribution in [2.75, 3.05) is 20.3 Å². The zero-order valence-electron chi connectivity index (χ0n) is 13.6. The fraction of sp³-hybridized carbons (Fsp3) is 0.353. The van der Waals surface area contributed by atoms with Gasteiger partial charge in [-0.05, 0) is 25.5 Å². The molecular weight excluding hydrogens is 346 g/mol. The van der Waals surface area contributed by atoms with E-state index in [4.69, 9.17) is 17.0 Å². The van der Waals surface area contributed by atoms with E-state index < -0.39 is 0 Å². The quantitative estimate of drug-likeness (QED) is 0.420. The Morgan fingerprint density at radius 1 is 1.38 bits per heavy atom. The van der Waals surface area contributed by atoms with Gasteiger partial charge in [0, 0.05) is 18.5 Å². The first kappa shape index (κ1) is 18.5. The van der Waals surface area contributed by atoms with Crippen molar-refractivity contribution in [1.29, 1.82) is 0 Å². The Labute approximate surface area is 151 Å². The summed E-state index contributed by atoms with van der Waals surface area (Å²) >= 11 is 6.55. The van der Waals surface area contributed by atoms with Crippen LogP contribution in [0, 0.1) is 0 Å². The topological polar surface area (TPSA) is 55.8 Å². The Morgan fingerprint density at radius 3 is 2.83 bits per heavy atom. The van der Waals surface area contributed by atoms with Crippen molar-refractivity contribution in [1.82, 2.24) is 4.90 Å². The van der Waals surface area contributed by atoms with Gasteiger partial charge in [0.15, 0.2) is 0 Å². The van der Waals surface area contributed by atoms with Gasteiger partial charge >= 0.3 is 5.97 Å². The van der Waals surface area contributed by atoms with Crippen LogP contribution < -0.4 is 4.74 Å². The Kier molecular flexibility index (Phi) is 6.81. The molecule has 0 N–H and O–H groups in total. The minimum absolute atomic E-state index is 0.138. The second-order valence-corrected chi connectivity index (χ2v) is 6.66. The maximum atomic E-state index is 12.5. The van der Waals surface area contributed by atoms with Gasteiger partial charge in [-0.25, -0.2) is 0 Å². The van der Waals surface area contributed by atoms with E-state index in [2.05, 4.69) is 4.74 Å². The fourth-order valence-corrected chi connectivity index (χ4v) is 3.50. The molecule has 0 aliphatic carbocycles. The highest BCUT2D eigenvalue weighted by Crippen LogP contribution is 2.34. The van der Waals surface area contributed by atoms with E-state index in [1.54, 1.807) is 6.08 Å². The molecule has 1 aliphatic heterocycles. The van der Waals surface area contributed by atoms with Gasteiger partial charge in [-0.3, -0.25) is 14.5 Å². The van der Waals surface area contributed by atoms with Gasteiger partial charge in [-0.1, -0.05) is 42.2 Å². The largest absolute Gasteiger partial charge is 0.493 e. The molecule has 5 nitrogen and oxygen atoms in total. The number of hydrogen-bond donors (Lipinski definition) is 0. The summed E-state index contributed by atoms with van der Waals surface area (Å²) in [4.78, 5) is 25.8. The second-order valence-electron chi connectivity index (χ2n) is 4.98. The van der Waals surface area contributed by atoms with E-state index in [9.17, 15) is 9.59 Å². The number of methoxy groups -OCH3 is 1. The van der Waals surface area contributed by atoms with Gasteiger partial charge in [0.05, 0.1) is 18.6 Å². The number of rotatable bonds is 7. The molecule has 2 rings (SSSR count). The van der Waals surface area contributed by atoms with Crippen molar-refractivity contribution in [2.24, 2.45) is 0 Å². The smallest absolute Gasteiger partial charge is 0.305 e. The number of ether oxygens (including phenoxy) is 2. The molecule has 7 heteroatoms. The number of para-hydroxylation sites is 1. The first-order chi connectivity index (χ1) is 11.6. The minimum Gasteiger partial charge on any atom is -0.493 e. The second kappa shape index (κ2) is 8.84. The number of benzene rings is 1. The van der Waals surface area contributed by atoms with Crippen LogP contribution in [0.25, 0.3) is 6.08 Å². The lowest BCUT2D eigenvalue weighted by atomic mass is 10.2. The van der Waals surface area contributed by atoms with E-state index >= 15 is 0 Å². The Morgan fingerprint density at radius 2 is 2.12 bits per heavy atom. The molecular formula is C17H19NO4S2. The Balaban J connectivity index is 2.09. The molecule has 0 aromatic heterocycles. The van der Waals surface area contributed by atoms with E-state index in [0.29, 0.717) is 28.8 Å². The van der Waals surface area contributed by atoms with Crippen LogP contribution in [-0.2, 0) is 14.3 Å². The highest BCUT2D eigenvalue weighted by Gasteiger charge is 2.31. The molecule has 128 valence electrons. The Bertz CT molecular complexity index is 672. The fourth-order valence-electron chi connectivity index (χ4n) is 2.20. The minimum atomic E-state index is -0.290. The number of thioether (sulfide) groups is 1. The number of hydrogen-bond acceptors (Lipinski definition) is 6. The van der Waals surface area contributed by atoms with Crippen LogP contribution in [0.1, 0.15) is 25.3 Å². The van der Waals surface area contributed by atoms with E-state index in [1.807, 2.05) is 31.2 Å². The average Bonchev–Trinajstić information content (AvgIpc) is 2.84. The van der Waals surface area contributed by atoms with Crippen molar-refractivity contribution in [2.45, 2.75) is 19.8 Å². The summed E-state index contributed by atoms with van der Waals surface area (Å²) in [6, 6.07) is 7.55. The maximum Gasteiger partial charge on any atom is 0.305 e. The number of amides is 1. The lowest BCUT2D eigenvalue weighted by Crippen LogP contribution is -2.29. The first-order valence-corrected chi connectivity index (χ1v) is 8.83. The van der Waals surface area contributed by atoms with Gasteiger partial charge < -0.3 is 9.47 Å². The molecule has 24 heavy (non-hydrogen) atoms. The van der Waals surface area contributed by atoms with Crippen molar-refractivity contribution >= 4 is 46.3 Å². The summed E-state index contributed by atoms with van der Waals surface area (Å²) in [6.45, 7) is 2.88. The monoisotopic (exact) mass is 365 g/mol. The predicted octanol–water partition coefficient (Wildman–Crippen LogP) is 3.24. The molecule has 0 unspecified atom stereocenters. The zero-order valence-corrected chi connectivity index (χ0v) is 15.2. The molecule has 1 aromatic rings. The summed E-state index contributed by atoms with van der Waals surface area (Å²) < 4.78 is 10.7. The third kappa shape index (κ3) is 4.58. The van der Waals surface area contributed by atoms with Crippen LogP contribution in [0.5, 0.6) is 5.75 Å². The zero-order chi connectivity index (χ0) is 17.5. The SMILES string of the molecule is CCOc1ccccc1/C=C1\SC(=S)N(CCCC(=O)OC)C1=O.